The van der Waals surface area contributed by atoms with Crippen molar-refractivity contribution >= 4 is 74.8 Å². The van der Waals surface area contributed by atoms with Gasteiger partial charge in [-0.2, -0.15) is 0 Å². The number of carbonyl (C=O) groups excluding carboxylic acids is 2. The molecule has 31 heteroatoms. The Labute approximate surface area is 747 Å². The summed E-state index contributed by atoms with van der Waals surface area (Å²) in [4.78, 5) is 101. The molecule has 0 aliphatic carbocycles. The molecule has 16 aromatic rings. The van der Waals surface area contributed by atoms with E-state index in [2.05, 4.69) is 148 Å². The zero-order valence-electron chi connectivity index (χ0n) is 69.0. The fraction of sp³-hybridized carbons (Fsp3) is 0.137. The summed E-state index contributed by atoms with van der Waals surface area (Å²) in [6.07, 6.45) is 36.6. The average molecular weight is 1790 g/mol. The number of anilines is 3. The molecule has 4 aromatic carbocycles. The van der Waals surface area contributed by atoms with Crippen molar-refractivity contribution in [2.75, 3.05) is 49.7 Å². The van der Waals surface area contributed by atoms with Crippen LogP contribution in [0.15, 0.2) is 339 Å². The number of nitrogens with one attached hydrogen (secondary N) is 4. The number of hydrogen-bond donors (Lipinski definition) is 7. The lowest BCUT2D eigenvalue weighted by atomic mass is 10.0. The Morgan fingerprint density at radius 2 is 0.833 bits per heavy atom. The van der Waals surface area contributed by atoms with Crippen molar-refractivity contribution in [3.8, 4) is 67.4 Å². The molecule has 12 aromatic heterocycles. The molecule has 0 saturated carbocycles. The summed E-state index contributed by atoms with van der Waals surface area (Å²) in [5.41, 5.74) is 33.6. The van der Waals surface area contributed by atoms with Crippen LogP contribution in [0.2, 0.25) is 10.3 Å². The minimum Gasteiger partial charge on any atom is -0.353 e. The number of halogens is 4. The molecule has 10 N–H and O–H groups in total. The zero-order valence-corrected chi connectivity index (χ0v) is 72.1. The van der Waals surface area contributed by atoms with Crippen LogP contribution in [-0.2, 0) is 19.3 Å². The van der Waals surface area contributed by atoms with E-state index in [1.165, 1.54) is 35.9 Å². The Bertz CT molecular complexity index is 6040. The van der Waals surface area contributed by atoms with E-state index in [9.17, 15) is 18.8 Å². The maximum Gasteiger partial charge on any atom is 0.345 e. The number of hydrogen-bond acceptors (Lipinski definition) is 25. The van der Waals surface area contributed by atoms with Crippen LogP contribution in [0.1, 0.15) is 50.8 Å². The Balaban J connectivity index is 0.000000159. The average Bonchev–Trinajstić information content (AvgIpc) is 0.797. The number of aromatic nitrogens is 17. The van der Waals surface area contributed by atoms with Crippen molar-refractivity contribution in [2.45, 2.75) is 50.7 Å². The van der Waals surface area contributed by atoms with Crippen LogP contribution in [0.25, 0.3) is 67.4 Å². The van der Waals surface area contributed by atoms with Crippen LogP contribution in [0, 0.1) is 5.82 Å². The van der Waals surface area contributed by atoms with E-state index in [-0.39, 0.29) is 45.7 Å². The molecule has 0 unspecified atom stereocenters. The number of rotatable bonds is 25. The van der Waals surface area contributed by atoms with E-state index in [0.717, 1.165) is 85.5 Å². The van der Waals surface area contributed by atoms with Gasteiger partial charge in [-0.3, -0.25) is 44.5 Å². The van der Waals surface area contributed by atoms with Crippen molar-refractivity contribution in [1.82, 2.24) is 84.7 Å². The maximum atomic E-state index is 13.6. The molecular formula is C95H91BrCl2FN24O3+. The number of ketones is 2. The van der Waals surface area contributed by atoms with Gasteiger partial charge in [0, 0.05) is 200 Å². The molecule has 3 atom stereocenters. The molecule has 16 rings (SSSR count). The largest absolute Gasteiger partial charge is 0.353 e. The summed E-state index contributed by atoms with van der Waals surface area (Å²) in [6.45, 7) is 3.28. The van der Waals surface area contributed by atoms with Gasteiger partial charge >= 0.3 is 5.69 Å². The van der Waals surface area contributed by atoms with E-state index in [0.29, 0.717) is 60.7 Å². The normalized spacial score (nSPS) is 11.0. The number of benzene rings is 4. The predicted molar refractivity (Wildman–Crippen MR) is 498 cm³/mol. The molecule has 0 aliphatic heterocycles. The monoisotopic (exact) mass is 1780 g/mol. The van der Waals surface area contributed by atoms with E-state index in [1.807, 2.05) is 146 Å². The summed E-state index contributed by atoms with van der Waals surface area (Å²) in [7, 11) is 3.81. The Kier molecular flexibility index (Phi) is 38.2. The second-order valence-corrected chi connectivity index (χ2v) is 29.3. The van der Waals surface area contributed by atoms with Crippen molar-refractivity contribution in [3.05, 3.63) is 389 Å². The molecule has 12 heterocycles. The number of Topliss-reactive ketones (excluding diaryl/α,β-unsaturated/α-hetero) is 2. The van der Waals surface area contributed by atoms with Crippen LogP contribution >= 0.6 is 39.1 Å². The first-order valence-electron chi connectivity index (χ1n) is 39.5. The molecule has 0 bridgehead atoms. The fourth-order valence-electron chi connectivity index (χ4n) is 11.6. The summed E-state index contributed by atoms with van der Waals surface area (Å²) < 4.78 is 16.4. The van der Waals surface area contributed by atoms with Gasteiger partial charge < -0.3 is 38.1 Å². The number of nitrogens with two attached hydrogens (primary N) is 3. The molecule has 0 spiro atoms. The number of aromatic amines is 1. The van der Waals surface area contributed by atoms with E-state index < -0.39 is 5.82 Å². The SMILES string of the molecule is CC(=O)c1ccncc1.C[N+](C)=CCC(=O)c1ccncc1.Clc1nccc(-c2ccncc2)n1.N[C@H](CNc1ncc(-c2ccc(F)c(Cl)c2)c(-c2ccncc2)n1)Cc1ccccc1.N[C@H](CNc1ncc(Br)c(-c2ccncc2)n1)Cc1ccccc1.N[C@H](CNc1nccc(-c2ccncc2)n1)Cc1ccccc1.O=c1nccc(-c2ccncc2)[nH]1. The van der Waals surface area contributed by atoms with Crippen LogP contribution in [0.3, 0.4) is 0 Å². The van der Waals surface area contributed by atoms with Crippen molar-refractivity contribution < 1.29 is 18.6 Å². The molecule has 0 aliphatic rings. The summed E-state index contributed by atoms with van der Waals surface area (Å²) >= 11 is 15.1. The van der Waals surface area contributed by atoms with Crippen molar-refractivity contribution in [3.63, 3.8) is 0 Å². The first kappa shape index (κ1) is 93.7. The van der Waals surface area contributed by atoms with E-state index in [4.69, 9.17) is 45.4 Å². The van der Waals surface area contributed by atoms with Crippen LogP contribution in [0.4, 0.5) is 22.2 Å². The highest BCUT2D eigenvalue weighted by Gasteiger charge is 2.17. The third-order valence-electron chi connectivity index (χ3n) is 17.9. The molecule has 0 radical (unpaired) electrons. The fourth-order valence-corrected chi connectivity index (χ4v) is 12.3. The van der Waals surface area contributed by atoms with E-state index in [1.54, 1.807) is 160 Å². The molecule has 126 heavy (non-hydrogen) atoms. The summed E-state index contributed by atoms with van der Waals surface area (Å²) in [5, 5.41) is 9.96. The molecule has 27 nitrogen and oxygen atoms in total. The third kappa shape index (κ3) is 32.7. The van der Waals surface area contributed by atoms with Crippen molar-refractivity contribution in [1.29, 1.82) is 0 Å². The lowest BCUT2D eigenvalue weighted by molar-refractivity contribution is -0.460. The lowest BCUT2D eigenvalue weighted by Crippen LogP contribution is -2.31. The molecule has 636 valence electrons. The number of nitrogens with zero attached hydrogens (tertiary/aromatic N) is 17. The number of pyridine rings is 7. The van der Waals surface area contributed by atoms with Crippen molar-refractivity contribution in [2.24, 2.45) is 17.2 Å². The number of H-pyrrole nitrogens is 1. The quantitative estimate of drug-likeness (QED) is 0.0121. The van der Waals surface area contributed by atoms with Gasteiger partial charge in [0.2, 0.25) is 23.1 Å². The smallest absolute Gasteiger partial charge is 0.345 e. The Morgan fingerprint density at radius 1 is 0.437 bits per heavy atom. The molecule has 0 fully saturated rings. The number of carbonyl (C=O) groups is 2. The first-order valence-corrected chi connectivity index (χ1v) is 41.1. The van der Waals surface area contributed by atoms with Gasteiger partial charge in [0.25, 0.3) is 0 Å². The van der Waals surface area contributed by atoms with Gasteiger partial charge in [-0.1, -0.05) is 109 Å². The van der Waals surface area contributed by atoms with Gasteiger partial charge in [-0.25, -0.2) is 58.6 Å². The highest BCUT2D eigenvalue weighted by molar-refractivity contribution is 9.10. The minimum atomic E-state index is -0.470. The highest BCUT2D eigenvalue weighted by Crippen LogP contribution is 2.33. The van der Waals surface area contributed by atoms with Crippen LogP contribution in [0.5, 0.6) is 0 Å². The lowest BCUT2D eigenvalue weighted by Gasteiger charge is -2.15. The molecule has 0 amide bonds. The van der Waals surface area contributed by atoms with Gasteiger partial charge in [0.1, 0.15) is 26.1 Å². The minimum absolute atomic E-state index is 0.00517. The zero-order chi connectivity index (χ0) is 88.9. The summed E-state index contributed by atoms with van der Waals surface area (Å²) in [5.74, 6) is 1.35. The molecular weight excluding hydrogens is 1700 g/mol. The van der Waals surface area contributed by atoms with Gasteiger partial charge in [0.05, 0.1) is 44.4 Å². The Hall–Kier alpha value is -14.6. The third-order valence-corrected chi connectivity index (χ3v) is 18.9. The topological polar surface area (TPSA) is 390 Å². The standard InChI is InChI=1S/C24H21ClFN5.C18H18BrN5.C18H19N5.C10H13N2O.C9H6ClN3.C9H7N3O.C7H7NO/c25-21-13-18(6-7-22(21)26)20-15-30-24(31-23(20)17-8-10-28-11-9-17)29-14-19(27)12-16-4-2-1-3-5-16;19-16-12-23-18(24-17(16)14-6-8-21-9-7-14)22-11-15(20)10-13-4-2-1-3-5-13;19-16(12-14-4-2-1-3-5-14)13-22-18-21-11-8-17(23-18)15-6-9-20-10-7-15;1-12(2)8-5-10(13)9-3-6-11-7-4-9;10-9-12-6-3-8(13-9)7-1-4-11-5-2-7;13-9-11-6-3-8(12-9)7-1-4-10-5-2-7;1-6(9)7-2-4-8-5-3-7/h1-11,13,15,19H,12,14,27H2,(H,29,30,31);1-9,12,15H,10-11,20H2,(H,22,23,24);1-11,16H,12-13,19H2,(H,21,22,23);3-4,6-8H,5H2,1-2H3;1-6H;1-6H,(H,11,12,13);2-5H,1H3/q;;;+1;;;/t19-;15-;16-;;;;/m000..../s1. The Morgan fingerprint density at radius 3 is 1.27 bits per heavy atom. The van der Waals surface area contributed by atoms with Gasteiger partial charge in [-0.05, 0) is 191 Å². The molecule has 0 saturated heterocycles. The second-order valence-electron chi connectivity index (χ2n) is 27.7. The first-order chi connectivity index (χ1) is 61.4. The van der Waals surface area contributed by atoms with E-state index >= 15 is 0 Å². The second kappa shape index (κ2) is 51.4. The van der Waals surface area contributed by atoms with Gasteiger partial charge in [0.15, 0.2) is 11.6 Å². The predicted octanol–water partition coefficient (Wildman–Crippen LogP) is 16.1. The van der Waals surface area contributed by atoms with Gasteiger partial charge in [-0.15, -0.1) is 0 Å². The summed E-state index contributed by atoms with van der Waals surface area (Å²) in [6, 6.07) is 66.1. The van der Waals surface area contributed by atoms with Crippen LogP contribution < -0.4 is 38.8 Å². The highest BCUT2D eigenvalue weighted by atomic mass is 79.9. The van der Waals surface area contributed by atoms with Crippen LogP contribution in [-0.4, -0.2) is 159 Å². The maximum absolute atomic E-state index is 13.6.